The van der Waals surface area contributed by atoms with Crippen molar-refractivity contribution in [1.82, 2.24) is 10.2 Å². The second kappa shape index (κ2) is 4.84. The van der Waals surface area contributed by atoms with E-state index in [4.69, 9.17) is 0 Å². The van der Waals surface area contributed by atoms with E-state index in [0.717, 1.165) is 5.92 Å². The van der Waals surface area contributed by atoms with E-state index < -0.39 is 0 Å². The Kier molecular flexibility index (Phi) is 3.68. The highest BCUT2D eigenvalue weighted by Crippen LogP contribution is 2.34. The lowest BCUT2D eigenvalue weighted by atomic mass is 9.96. The standard InChI is InChI=1S/C13H26N2/c1-15(2)13(8-3-4-9-13)11-14-10-7-12-5-6-12/h12,14H,3-11H2,1-2H3. The summed E-state index contributed by atoms with van der Waals surface area (Å²) in [5.41, 5.74) is 0.476. The molecule has 2 nitrogen and oxygen atoms in total. The van der Waals surface area contributed by atoms with Crippen molar-refractivity contribution in [1.29, 1.82) is 0 Å². The molecule has 0 saturated heterocycles. The largest absolute Gasteiger partial charge is 0.315 e. The van der Waals surface area contributed by atoms with Gasteiger partial charge in [0.2, 0.25) is 0 Å². The molecule has 88 valence electrons. The molecule has 1 N–H and O–H groups in total. The van der Waals surface area contributed by atoms with Crippen LogP contribution in [0.2, 0.25) is 0 Å². The Balaban J connectivity index is 1.68. The van der Waals surface area contributed by atoms with Gasteiger partial charge in [-0.2, -0.15) is 0 Å². The second-order valence-electron chi connectivity index (χ2n) is 5.73. The lowest BCUT2D eigenvalue weighted by molar-refractivity contribution is 0.154. The maximum atomic E-state index is 3.68. The molecular formula is C13H26N2. The Morgan fingerprint density at radius 2 is 1.87 bits per heavy atom. The van der Waals surface area contributed by atoms with E-state index in [9.17, 15) is 0 Å². The Morgan fingerprint density at radius 1 is 1.20 bits per heavy atom. The van der Waals surface area contributed by atoms with Crippen molar-refractivity contribution in [3.63, 3.8) is 0 Å². The molecule has 0 heterocycles. The van der Waals surface area contributed by atoms with Crippen LogP contribution in [-0.2, 0) is 0 Å². The highest BCUT2D eigenvalue weighted by molar-refractivity contribution is 4.94. The molecule has 0 aromatic carbocycles. The van der Waals surface area contributed by atoms with E-state index in [1.165, 1.54) is 58.0 Å². The van der Waals surface area contributed by atoms with Crippen LogP contribution in [0, 0.1) is 5.92 Å². The molecule has 0 aromatic heterocycles. The minimum absolute atomic E-state index is 0.476. The summed E-state index contributed by atoms with van der Waals surface area (Å²) in [7, 11) is 4.49. The number of nitrogens with one attached hydrogen (secondary N) is 1. The molecule has 15 heavy (non-hydrogen) atoms. The maximum Gasteiger partial charge on any atom is 0.0327 e. The van der Waals surface area contributed by atoms with Crippen LogP contribution in [-0.4, -0.2) is 37.6 Å². The zero-order valence-electron chi connectivity index (χ0n) is 10.4. The number of likely N-dealkylation sites (N-methyl/N-ethyl adjacent to an activating group) is 1. The summed E-state index contributed by atoms with van der Waals surface area (Å²) in [6.07, 6.45) is 9.99. The van der Waals surface area contributed by atoms with Crippen LogP contribution in [0.3, 0.4) is 0 Å². The van der Waals surface area contributed by atoms with Gasteiger partial charge in [0.05, 0.1) is 0 Å². The third kappa shape index (κ3) is 2.94. The van der Waals surface area contributed by atoms with Gasteiger partial charge in [-0.15, -0.1) is 0 Å². The average molecular weight is 210 g/mol. The van der Waals surface area contributed by atoms with E-state index in [1.807, 2.05) is 0 Å². The van der Waals surface area contributed by atoms with Crippen LogP contribution < -0.4 is 5.32 Å². The van der Waals surface area contributed by atoms with Gasteiger partial charge in [-0.1, -0.05) is 25.7 Å². The fraction of sp³-hybridized carbons (Fsp3) is 1.00. The zero-order valence-corrected chi connectivity index (χ0v) is 10.4. The van der Waals surface area contributed by atoms with E-state index >= 15 is 0 Å². The number of hydrogen-bond acceptors (Lipinski definition) is 2. The molecule has 0 aliphatic heterocycles. The van der Waals surface area contributed by atoms with Gasteiger partial charge in [0.1, 0.15) is 0 Å². The molecule has 0 spiro atoms. The average Bonchev–Trinajstić information content (AvgIpc) is 2.90. The third-order valence-electron chi connectivity index (χ3n) is 4.36. The minimum Gasteiger partial charge on any atom is -0.315 e. The van der Waals surface area contributed by atoms with Gasteiger partial charge in [0.15, 0.2) is 0 Å². The Hall–Kier alpha value is -0.0800. The van der Waals surface area contributed by atoms with Crippen molar-refractivity contribution in [2.24, 2.45) is 5.92 Å². The van der Waals surface area contributed by atoms with Gasteiger partial charge in [-0.05, 0) is 45.8 Å². The Bertz CT molecular complexity index is 191. The molecule has 2 heteroatoms. The summed E-state index contributed by atoms with van der Waals surface area (Å²) in [5.74, 6) is 1.07. The Morgan fingerprint density at radius 3 is 2.40 bits per heavy atom. The molecule has 2 aliphatic rings. The fourth-order valence-corrected chi connectivity index (χ4v) is 2.85. The summed E-state index contributed by atoms with van der Waals surface area (Å²) in [6, 6.07) is 0. The summed E-state index contributed by atoms with van der Waals surface area (Å²) in [6.45, 7) is 2.44. The zero-order chi connectivity index (χ0) is 10.7. The van der Waals surface area contributed by atoms with Gasteiger partial charge in [-0.3, -0.25) is 0 Å². The first-order valence-corrected chi connectivity index (χ1v) is 6.61. The maximum absolute atomic E-state index is 3.68. The van der Waals surface area contributed by atoms with Crippen molar-refractivity contribution in [2.75, 3.05) is 27.2 Å². The quantitative estimate of drug-likeness (QED) is 0.676. The summed E-state index contributed by atoms with van der Waals surface area (Å²) in [4.78, 5) is 2.45. The predicted octanol–water partition coefficient (Wildman–Crippen LogP) is 2.25. The van der Waals surface area contributed by atoms with Gasteiger partial charge < -0.3 is 10.2 Å². The highest BCUT2D eigenvalue weighted by atomic mass is 15.2. The highest BCUT2D eigenvalue weighted by Gasteiger charge is 2.35. The molecule has 0 bridgehead atoms. The monoisotopic (exact) mass is 210 g/mol. The number of rotatable bonds is 6. The van der Waals surface area contributed by atoms with Crippen LogP contribution in [0.4, 0.5) is 0 Å². The van der Waals surface area contributed by atoms with Crippen LogP contribution >= 0.6 is 0 Å². The van der Waals surface area contributed by atoms with Crippen LogP contribution in [0.15, 0.2) is 0 Å². The smallest absolute Gasteiger partial charge is 0.0327 e. The molecule has 0 unspecified atom stereocenters. The van der Waals surface area contributed by atoms with Crippen LogP contribution in [0.25, 0.3) is 0 Å². The lowest BCUT2D eigenvalue weighted by Crippen LogP contribution is -2.49. The predicted molar refractivity (Wildman–Crippen MR) is 65.1 cm³/mol. The van der Waals surface area contributed by atoms with Crippen molar-refractivity contribution in [3.8, 4) is 0 Å². The summed E-state index contributed by atoms with van der Waals surface area (Å²) >= 11 is 0. The molecule has 2 saturated carbocycles. The third-order valence-corrected chi connectivity index (χ3v) is 4.36. The van der Waals surface area contributed by atoms with Gasteiger partial charge in [0, 0.05) is 12.1 Å². The van der Waals surface area contributed by atoms with Crippen molar-refractivity contribution in [3.05, 3.63) is 0 Å². The molecule has 0 amide bonds. The minimum atomic E-state index is 0.476. The van der Waals surface area contributed by atoms with E-state index in [2.05, 4.69) is 24.3 Å². The van der Waals surface area contributed by atoms with Crippen molar-refractivity contribution in [2.45, 2.75) is 50.5 Å². The summed E-state index contributed by atoms with van der Waals surface area (Å²) < 4.78 is 0. The van der Waals surface area contributed by atoms with Crippen molar-refractivity contribution < 1.29 is 0 Å². The molecule has 0 radical (unpaired) electrons. The molecule has 2 rings (SSSR count). The molecule has 0 atom stereocenters. The topological polar surface area (TPSA) is 15.3 Å². The van der Waals surface area contributed by atoms with E-state index in [1.54, 1.807) is 0 Å². The molecule has 2 aliphatic carbocycles. The van der Waals surface area contributed by atoms with Gasteiger partial charge in [0.25, 0.3) is 0 Å². The first kappa shape index (κ1) is 11.4. The molecular weight excluding hydrogens is 184 g/mol. The molecule has 0 aromatic rings. The lowest BCUT2D eigenvalue weighted by Gasteiger charge is -2.36. The number of hydrogen-bond donors (Lipinski definition) is 1. The van der Waals surface area contributed by atoms with Crippen molar-refractivity contribution >= 4 is 0 Å². The Labute approximate surface area is 94.4 Å². The van der Waals surface area contributed by atoms with Crippen LogP contribution in [0.1, 0.15) is 44.9 Å². The van der Waals surface area contributed by atoms with Gasteiger partial charge in [-0.25, -0.2) is 0 Å². The number of nitrogens with zero attached hydrogens (tertiary/aromatic N) is 1. The summed E-state index contributed by atoms with van der Waals surface area (Å²) in [5, 5.41) is 3.68. The second-order valence-corrected chi connectivity index (χ2v) is 5.73. The normalized spacial score (nSPS) is 25.0. The SMILES string of the molecule is CN(C)C1(CNCCC2CC2)CCCC1. The van der Waals surface area contributed by atoms with Gasteiger partial charge >= 0.3 is 0 Å². The fourth-order valence-electron chi connectivity index (χ4n) is 2.85. The first-order chi connectivity index (χ1) is 7.23. The molecule has 2 fully saturated rings. The van der Waals surface area contributed by atoms with E-state index in [0.29, 0.717) is 5.54 Å². The van der Waals surface area contributed by atoms with E-state index in [-0.39, 0.29) is 0 Å². The first-order valence-electron chi connectivity index (χ1n) is 6.61. The van der Waals surface area contributed by atoms with Crippen LogP contribution in [0.5, 0.6) is 0 Å².